The number of rotatable bonds is 4. The van der Waals surface area contributed by atoms with E-state index in [0.717, 1.165) is 16.3 Å². The van der Waals surface area contributed by atoms with Crippen LogP contribution in [0.1, 0.15) is 44.6 Å². The number of nitrogens with one attached hydrogen (secondary N) is 1. The Balaban J connectivity index is 1.68. The molecule has 1 N–H and O–H groups in total. The second-order valence-corrected chi connectivity index (χ2v) is 6.55. The van der Waals surface area contributed by atoms with Gasteiger partial charge in [-0.1, -0.05) is 42.5 Å². The lowest BCUT2D eigenvalue weighted by Gasteiger charge is -2.29. The molecule has 2 bridgehead atoms. The van der Waals surface area contributed by atoms with Gasteiger partial charge in [-0.15, -0.1) is 0 Å². The molecule has 2 aliphatic carbocycles. The van der Waals surface area contributed by atoms with E-state index in [1.54, 1.807) is 0 Å². The van der Waals surface area contributed by atoms with E-state index < -0.39 is 0 Å². The lowest BCUT2D eigenvalue weighted by atomic mass is 9.93. The van der Waals surface area contributed by atoms with Gasteiger partial charge in [0.2, 0.25) is 0 Å². The maximum Gasteiger partial charge on any atom is 0.0466 e. The summed E-state index contributed by atoms with van der Waals surface area (Å²) in [7, 11) is 0. The zero-order valence-corrected chi connectivity index (χ0v) is 12.3. The van der Waals surface area contributed by atoms with Crippen LogP contribution in [0.4, 0.5) is 0 Å². The van der Waals surface area contributed by atoms with E-state index in [9.17, 15) is 0 Å². The molecule has 0 atom stereocenters. The van der Waals surface area contributed by atoms with Gasteiger partial charge in [0.05, 0.1) is 0 Å². The Bertz CT molecular complexity index is 495. The SMILES string of the molecule is CC(=CC(=S)c1ccccc1)NC12CCC(CC1)C2. The molecule has 0 unspecified atom stereocenters. The molecule has 0 radical (unpaired) electrons. The van der Waals surface area contributed by atoms with Crippen molar-refractivity contribution < 1.29 is 0 Å². The summed E-state index contributed by atoms with van der Waals surface area (Å²) in [6, 6.07) is 10.2. The molecule has 19 heavy (non-hydrogen) atoms. The van der Waals surface area contributed by atoms with E-state index in [-0.39, 0.29) is 0 Å². The third-order valence-corrected chi connectivity index (χ3v) is 4.96. The molecule has 1 aromatic rings. The van der Waals surface area contributed by atoms with Crippen LogP contribution in [0.15, 0.2) is 42.1 Å². The predicted octanol–water partition coefficient (Wildman–Crippen LogP) is 4.23. The van der Waals surface area contributed by atoms with Crippen LogP contribution in [0, 0.1) is 5.92 Å². The van der Waals surface area contributed by atoms with Crippen molar-refractivity contribution >= 4 is 17.1 Å². The molecular formula is C17H21NS. The van der Waals surface area contributed by atoms with Crippen molar-refractivity contribution in [3.63, 3.8) is 0 Å². The molecule has 2 saturated carbocycles. The number of thiocarbonyl (C=S) groups is 1. The Labute approximate surface area is 121 Å². The first-order valence-electron chi connectivity index (χ1n) is 7.23. The third kappa shape index (κ3) is 2.74. The van der Waals surface area contributed by atoms with Gasteiger partial charge in [-0.2, -0.15) is 0 Å². The van der Waals surface area contributed by atoms with Crippen molar-refractivity contribution in [3.8, 4) is 0 Å². The Morgan fingerprint density at radius 1 is 1.26 bits per heavy atom. The van der Waals surface area contributed by atoms with Crippen LogP contribution in [0.3, 0.4) is 0 Å². The van der Waals surface area contributed by atoms with Crippen molar-refractivity contribution in [2.75, 3.05) is 0 Å². The largest absolute Gasteiger partial charge is 0.383 e. The molecule has 2 aliphatic rings. The van der Waals surface area contributed by atoms with Gasteiger partial charge >= 0.3 is 0 Å². The van der Waals surface area contributed by atoms with Crippen LogP contribution < -0.4 is 5.32 Å². The number of hydrogen-bond donors (Lipinski definition) is 1. The molecule has 0 amide bonds. The molecule has 0 aliphatic heterocycles. The summed E-state index contributed by atoms with van der Waals surface area (Å²) in [4.78, 5) is 0.926. The summed E-state index contributed by atoms with van der Waals surface area (Å²) in [6.45, 7) is 2.15. The zero-order valence-electron chi connectivity index (χ0n) is 11.5. The zero-order chi connectivity index (χ0) is 13.3. The van der Waals surface area contributed by atoms with Crippen LogP contribution >= 0.6 is 12.2 Å². The fourth-order valence-corrected chi connectivity index (χ4v) is 4.02. The smallest absolute Gasteiger partial charge is 0.0466 e. The highest BCUT2D eigenvalue weighted by atomic mass is 32.1. The Hall–Kier alpha value is -1.15. The van der Waals surface area contributed by atoms with Gasteiger partial charge in [0, 0.05) is 16.1 Å². The van der Waals surface area contributed by atoms with Crippen LogP contribution in [0.2, 0.25) is 0 Å². The van der Waals surface area contributed by atoms with E-state index in [0.29, 0.717) is 5.54 Å². The summed E-state index contributed by atoms with van der Waals surface area (Å²) in [5, 5.41) is 3.76. The van der Waals surface area contributed by atoms with Crippen LogP contribution in [-0.2, 0) is 0 Å². The highest BCUT2D eigenvalue weighted by molar-refractivity contribution is 7.81. The van der Waals surface area contributed by atoms with E-state index in [1.807, 2.05) is 18.2 Å². The van der Waals surface area contributed by atoms with E-state index >= 15 is 0 Å². The van der Waals surface area contributed by atoms with E-state index in [1.165, 1.54) is 37.8 Å². The minimum Gasteiger partial charge on any atom is -0.383 e. The normalized spacial score (nSPS) is 29.5. The molecule has 1 nitrogen and oxygen atoms in total. The second-order valence-electron chi connectivity index (χ2n) is 6.11. The van der Waals surface area contributed by atoms with Crippen LogP contribution in [-0.4, -0.2) is 10.4 Å². The number of benzene rings is 1. The van der Waals surface area contributed by atoms with Crippen LogP contribution in [0.5, 0.6) is 0 Å². The summed E-state index contributed by atoms with van der Waals surface area (Å²) in [5.74, 6) is 0.973. The minimum atomic E-state index is 0.386. The van der Waals surface area contributed by atoms with E-state index in [2.05, 4.69) is 30.4 Å². The lowest BCUT2D eigenvalue weighted by molar-refractivity contribution is 0.356. The van der Waals surface area contributed by atoms with Crippen molar-refractivity contribution in [3.05, 3.63) is 47.7 Å². The van der Waals surface area contributed by atoms with Crippen LogP contribution in [0.25, 0.3) is 0 Å². The first kappa shape index (κ1) is 12.9. The first-order valence-corrected chi connectivity index (χ1v) is 7.64. The summed E-state index contributed by atoms with van der Waals surface area (Å²) >= 11 is 5.50. The molecule has 0 heterocycles. The lowest BCUT2D eigenvalue weighted by Crippen LogP contribution is -2.39. The monoisotopic (exact) mass is 271 g/mol. The topological polar surface area (TPSA) is 12.0 Å². The molecule has 0 saturated heterocycles. The minimum absolute atomic E-state index is 0.386. The molecule has 0 spiro atoms. The Morgan fingerprint density at radius 2 is 1.95 bits per heavy atom. The standard InChI is InChI=1S/C17H21NS/c1-13(11-16(19)15-5-3-2-4-6-15)18-17-9-7-14(12-17)8-10-17/h2-6,11,14,18H,7-10,12H2,1H3. The van der Waals surface area contributed by atoms with Gasteiger partial charge in [0.15, 0.2) is 0 Å². The third-order valence-electron chi connectivity index (χ3n) is 4.61. The average Bonchev–Trinajstić information content (AvgIpc) is 2.99. The number of allylic oxidation sites excluding steroid dienone is 2. The highest BCUT2D eigenvalue weighted by Gasteiger charge is 2.44. The molecule has 100 valence electrons. The van der Waals surface area contributed by atoms with Crippen molar-refractivity contribution in [1.82, 2.24) is 5.32 Å². The van der Waals surface area contributed by atoms with E-state index in [4.69, 9.17) is 12.2 Å². The van der Waals surface area contributed by atoms with Gasteiger partial charge in [0.25, 0.3) is 0 Å². The second kappa shape index (κ2) is 5.09. The predicted molar refractivity (Wildman–Crippen MR) is 84.3 cm³/mol. The Kier molecular flexibility index (Phi) is 3.44. The van der Waals surface area contributed by atoms with Crippen molar-refractivity contribution in [2.45, 2.75) is 44.6 Å². The molecule has 3 rings (SSSR count). The fourth-order valence-electron chi connectivity index (χ4n) is 3.70. The molecule has 2 fully saturated rings. The summed E-state index contributed by atoms with van der Waals surface area (Å²) < 4.78 is 0. The molecule has 2 heteroatoms. The van der Waals surface area contributed by atoms with Gasteiger partial charge in [-0.3, -0.25) is 0 Å². The highest BCUT2D eigenvalue weighted by Crippen LogP contribution is 2.47. The van der Waals surface area contributed by atoms with Gasteiger partial charge in [-0.25, -0.2) is 0 Å². The van der Waals surface area contributed by atoms with Crippen molar-refractivity contribution in [2.24, 2.45) is 5.92 Å². The fraction of sp³-hybridized carbons (Fsp3) is 0.471. The number of fused-ring (bicyclic) bond motifs is 2. The molecule has 1 aromatic carbocycles. The summed E-state index contributed by atoms with van der Waals surface area (Å²) in [6.07, 6.45) is 8.95. The summed E-state index contributed by atoms with van der Waals surface area (Å²) in [5.41, 5.74) is 2.74. The maximum atomic E-state index is 5.50. The molecule has 0 aromatic heterocycles. The quantitative estimate of drug-likeness (QED) is 0.499. The maximum absolute atomic E-state index is 5.50. The van der Waals surface area contributed by atoms with Gasteiger partial charge in [0.1, 0.15) is 0 Å². The van der Waals surface area contributed by atoms with Gasteiger partial charge in [-0.05, 0) is 56.6 Å². The van der Waals surface area contributed by atoms with Crippen molar-refractivity contribution in [1.29, 1.82) is 0 Å². The molecular weight excluding hydrogens is 250 g/mol. The average molecular weight is 271 g/mol. The number of hydrogen-bond acceptors (Lipinski definition) is 2. The van der Waals surface area contributed by atoms with Gasteiger partial charge < -0.3 is 5.32 Å². The Morgan fingerprint density at radius 3 is 2.53 bits per heavy atom. The first-order chi connectivity index (χ1) is 9.17.